The van der Waals surface area contributed by atoms with Crippen molar-refractivity contribution in [3.63, 3.8) is 0 Å². The van der Waals surface area contributed by atoms with Crippen molar-refractivity contribution >= 4 is 6.29 Å². The Bertz CT molecular complexity index is 271. The lowest BCUT2D eigenvalue weighted by molar-refractivity contribution is -0.110. The number of halogens is 1. The van der Waals surface area contributed by atoms with Crippen molar-refractivity contribution in [2.24, 2.45) is 0 Å². The first-order valence-electron chi connectivity index (χ1n) is 4.41. The molecule has 0 bridgehead atoms. The van der Waals surface area contributed by atoms with Gasteiger partial charge in [-0.05, 0) is 12.0 Å². The van der Waals surface area contributed by atoms with Crippen LogP contribution in [0.15, 0.2) is 30.3 Å². The Morgan fingerprint density at radius 2 is 2.00 bits per heavy atom. The van der Waals surface area contributed by atoms with Gasteiger partial charge in [0.15, 0.2) is 0 Å². The molecule has 0 fully saturated rings. The van der Waals surface area contributed by atoms with Crippen molar-refractivity contribution in [3.8, 4) is 0 Å². The summed E-state index contributed by atoms with van der Waals surface area (Å²) in [6.45, 7) is 1.75. The van der Waals surface area contributed by atoms with Crippen molar-refractivity contribution in [2.45, 2.75) is 25.4 Å². The number of carbonyl (C=O) groups excluding carboxylic acids is 1. The molecule has 0 N–H and O–H groups in total. The topological polar surface area (TPSA) is 17.1 Å². The van der Waals surface area contributed by atoms with Gasteiger partial charge in [-0.1, -0.05) is 37.3 Å². The van der Waals surface area contributed by atoms with Gasteiger partial charge < -0.3 is 4.79 Å². The summed E-state index contributed by atoms with van der Waals surface area (Å²) in [5, 5.41) is 0. The highest BCUT2D eigenvalue weighted by atomic mass is 19.1. The summed E-state index contributed by atoms with van der Waals surface area (Å²) in [6.07, 6.45) is 0.903. The van der Waals surface area contributed by atoms with E-state index in [1.54, 1.807) is 31.2 Å². The maximum absolute atomic E-state index is 14.0. The fourth-order valence-electron chi connectivity index (χ4n) is 1.34. The van der Waals surface area contributed by atoms with E-state index in [2.05, 4.69) is 0 Å². The van der Waals surface area contributed by atoms with E-state index >= 15 is 0 Å². The highest BCUT2D eigenvalue weighted by Crippen LogP contribution is 2.31. The van der Waals surface area contributed by atoms with Gasteiger partial charge in [-0.3, -0.25) is 0 Å². The van der Waals surface area contributed by atoms with Crippen LogP contribution in [0.1, 0.15) is 25.3 Å². The molecule has 0 spiro atoms. The zero-order valence-corrected chi connectivity index (χ0v) is 7.66. The number of aldehydes is 1. The van der Waals surface area contributed by atoms with E-state index in [0.29, 0.717) is 18.3 Å². The molecule has 1 nitrogen and oxygen atoms in total. The average molecular weight is 180 g/mol. The number of benzene rings is 1. The van der Waals surface area contributed by atoms with Gasteiger partial charge in [0.2, 0.25) is 0 Å². The van der Waals surface area contributed by atoms with E-state index in [1.165, 1.54) is 0 Å². The van der Waals surface area contributed by atoms with Crippen LogP contribution < -0.4 is 0 Å². The Balaban J connectivity index is 2.95. The standard InChI is InChI=1S/C11H13FO/c1-2-11(12,8-9-13)10-6-4-3-5-7-10/h3-7,9H,2,8H2,1H3/t11-/m1/s1. The molecule has 0 aliphatic heterocycles. The van der Waals surface area contributed by atoms with Gasteiger partial charge >= 0.3 is 0 Å². The second-order valence-corrected chi connectivity index (χ2v) is 3.06. The molecule has 0 saturated heterocycles. The van der Waals surface area contributed by atoms with Crippen LogP contribution in [-0.2, 0) is 10.5 Å². The molecule has 1 aromatic rings. The highest BCUT2D eigenvalue weighted by Gasteiger charge is 2.28. The minimum Gasteiger partial charge on any atom is -0.303 e. The molecule has 0 amide bonds. The van der Waals surface area contributed by atoms with Crippen molar-refractivity contribution in [1.82, 2.24) is 0 Å². The van der Waals surface area contributed by atoms with Gasteiger partial charge in [0.25, 0.3) is 0 Å². The summed E-state index contributed by atoms with van der Waals surface area (Å²) in [7, 11) is 0. The number of carbonyl (C=O) groups is 1. The van der Waals surface area contributed by atoms with Crippen LogP contribution in [-0.4, -0.2) is 6.29 Å². The lowest BCUT2D eigenvalue weighted by Gasteiger charge is -2.21. The lowest BCUT2D eigenvalue weighted by Crippen LogP contribution is -2.19. The van der Waals surface area contributed by atoms with Crippen LogP contribution in [0, 0.1) is 0 Å². The van der Waals surface area contributed by atoms with Crippen LogP contribution in [0.2, 0.25) is 0 Å². The summed E-state index contributed by atoms with van der Waals surface area (Å²) >= 11 is 0. The van der Waals surface area contributed by atoms with E-state index in [-0.39, 0.29) is 6.42 Å². The third-order valence-electron chi connectivity index (χ3n) is 2.26. The first kappa shape index (κ1) is 9.90. The Labute approximate surface area is 77.6 Å². The van der Waals surface area contributed by atoms with Crippen molar-refractivity contribution < 1.29 is 9.18 Å². The molecule has 70 valence electrons. The molecule has 0 aliphatic rings. The van der Waals surface area contributed by atoms with Gasteiger partial charge in [0.05, 0.1) is 0 Å². The van der Waals surface area contributed by atoms with E-state index in [1.807, 2.05) is 6.07 Å². The Hall–Kier alpha value is -1.18. The van der Waals surface area contributed by atoms with E-state index in [0.717, 1.165) is 0 Å². The maximum Gasteiger partial charge on any atom is 0.142 e. The van der Waals surface area contributed by atoms with Gasteiger partial charge in [0, 0.05) is 6.42 Å². The molecule has 1 rings (SSSR count). The third-order valence-corrected chi connectivity index (χ3v) is 2.26. The molecular weight excluding hydrogens is 167 g/mol. The van der Waals surface area contributed by atoms with Crippen LogP contribution in [0.25, 0.3) is 0 Å². The molecule has 13 heavy (non-hydrogen) atoms. The molecule has 0 saturated carbocycles. The number of alkyl halides is 1. The highest BCUT2D eigenvalue weighted by molar-refractivity contribution is 5.52. The Morgan fingerprint density at radius 3 is 2.46 bits per heavy atom. The number of rotatable bonds is 4. The first-order chi connectivity index (χ1) is 6.23. The average Bonchev–Trinajstić information content (AvgIpc) is 2.19. The molecule has 0 radical (unpaired) electrons. The Kier molecular flexibility index (Phi) is 3.18. The molecule has 0 unspecified atom stereocenters. The van der Waals surface area contributed by atoms with E-state index in [9.17, 15) is 9.18 Å². The molecule has 0 aromatic heterocycles. The number of hydrogen-bond donors (Lipinski definition) is 0. The predicted octanol–water partition coefficient (Wildman–Crippen LogP) is 2.85. The quantitative estimate of drug-likeness (QED) is 0.651. The molecule has 0 aliphatic carbocycles. The monoisotopic (exact) mass is 180 g/mol. The second-order valence-electron chi connectivity index (χ2n) is 3.06. The lowest BCUT2D eigenvalue weighted by atomic mass is 9.90. The number of hydrogen-bond acceptors (Lipinski definition) is 1. The smallest absolute Gasteiger partial charge is 0.142 e. The summed E-state index contributed by atoms with van der Waals surface area (Å²) in [5.74, 6) is 0. The van der Waals surface area contributed by atoms with Crippen LogP contribution in [0.3, 0.4) is 0 Å². The summed E-state index contributed by atoms with van der Waals surface area (Å²) in [4.78, 5) is 10.3. The minimum absolute atomic E-state index is 0.0620. The van der Waals surface area contributed by atoms with E-state index in [4.69, 9.17) is 0 Å². The summed E-state index contributed by atoms with van der Waals surface area (Å²) in [5.41, 5.74) is -0.896. The third kappa shape index (κ3) is 2.14. The van der Waals surface area contributed by atoms with Crippen LogP contribution in [0.4, 0.5) is 4.39 Å². The molecule has 0 heterocycles. The molecule has 1 atom stereocenters. The van der Waals surface area contributed by atoms with Crippen molar-refractivity contribution in [1.29, 1.82) is 0 Å². The predicted molar refractivity (Wildman–Crippen MR) is 50.2 cm³/mol. The Morgan fingerprint density at radius 1 is 1.38 bits per heavy atom. The molecular formula is C11H13FO. The summed E-state index contributed by atoms with van der Waals surface area (Å²) < 4.78 is 14.0. The second kappa shape index (κ2) is 4.17. The normalized spacial score (nSPS) is 14.9. The fourth-order valence-corrected chi connectivity index (χ4v) is 1.34. The van der Waals surface area contributed by atoms with Crippen molar-refractivity contribution in [3.05, 3.63) is 35.9 Å². The largest absolute Gasteiger partial charge is 0.303 e. The molecule has 2 heteroatoms. The zero-order chi connectivity index (χ0) is 9.73. The van der Waals surface area contributed by atoms with Crippen LogP contribution in [0.5, 0.6) is 0 Å². The van der Waals surface area contributed by atoms with Gasteiger partial charge in [-0.15, -0.1) is 0 Å². The minimum atomic E-state index is -1.48. The van der Waals surface area contributed by atoms with Crippen LogP contribution >= 0.6 is 0 Å². The zero-order valence-electron chi connectivity index (χ0n) is 7.66. The molecule has 1 aromatic carbocycles. The van der Waals surface area contributed by atoms with Crippen molar-refractivity contribution in [2.75, 3.05) is 0 Å². The van der Waals surface area contributed by atoms with Gasteiger partial charge in [0.1, 0.15) is 12.0 Å². The first-order valence-corrected chi connectivity index (χ1v) is 4.41. The van der Waals surface area contributed by atoms with E-state index < -0.39 is 5.67 Å². The summed E-state index contributed by atoms with van der Waals surface area (Å²) in [6, 6.07) is 8.83. The SMILES string of the molecule is CC[C@@](F)(CC=O)c1ccccc1. The van der Waals surface area contributed by atoms with Gasteiger partial charge in [-0.2, -0.15) is 0 Å². The fraction of sp³-hybridized carbons (Fsp3) is 0.364. The maximum atomic E-state index is 14.0. The van der Waals surface area contributed by atoms with Gasteiger partial charge in [-0.25, -0.2) is 4.39 Å².